The topological polar surface area (TPSA) is 60.7 Å². The zero-order chi connectivity index (χ0) is 14.4. The van der Waals surface area contributed by atoms with E-state index >= 15 is 0 Å². The van der Waals surface area contributed by atoms with Gasteiger partial charge in [0.2, 0.25) is 0 Å². The molecule has 0 aliphatic rings. The van der Waals surface area contributed by atoms with Crippen LogP contribution in [0.3, 0.4) is 0 Å². The number of carbonyl (C=O) groups excluding carboxylic acids is 1. The molecule has 0 aliphatic heterocycles. The van der Waals surface area contributed by atoms with E-state index in [4.69, 9.17) is 9.15 Å². The monoisotopic (exact) mass is 275 g/mol. The van der Waals surface area contributed by atoms with Crippen LogP contribution in [0.15, 0.2) is 41.0 Å². The Morgan fingerprint density at radius 1 is 1.30 bits per heavy atom. The van der Waals surface area contributed by atoms with Gasteiger partial charge in [-0.25, -0.2) is 4.79 Å². The summed E-state index contributed by atoms with van der Waals surface area (Å²) in [5.74, 6) is 1.10. The van der Waals surface area contributed by atoms with Crippen molar-refractivity contribution in [2.75, 3.05) is 19.0 Å². The molecule has 2 rings (SSSR count). The first-order valence-electron chi connectivity index (χ1n) is 6.35. The minimum Gasteiger partial charge on any atom is -0.494 e. The van der Waals surface area contributed by atoms with E-state index < -0.39 is 5.97 Å². The van der Waals surface area contributed by atoms with E-state index in [0.29, 0.717) is 24.5 Å². The summed E-state index contributed by atoms with van der Waals surface area (Å²) in [5.41, 5.74) is 1.36. The van der Waals surface area contributed by atoms with Gasteiger partial charge in [-0.15, -0.1) is 0 Å². The molecule has 0 spiro atoms. The molecule has 106 valence electrons. The number of esters is 1. The van der Waals surface area contributed by atoms with Crippen molar-refractivity contribution in [3.8, 4) is 5.75 Å². The Bertz CT molecular complexity index is 560. The lowest BCUT2D eigenvalue weighted by Gasteiger charge is -2.06. The number of carbonyl (C=O) groups is 1. The highest BCUT2D eigenvalue weighted by molar-refractivity contribution is 5.88. The van der Waals surface area contributed by atoms with E-state index in [1.54, 1.807) is 6.07 Å². The second-order valence-corrected chi connectivity index (χ2v) is 4.10. The molecular formula is C15H17NO4. The zero-order valence-electron chi connectivity index (χ0n) is 11.5. The molecule has 5 nitrogen and oxygen atoms in total. The highest BCUT2D eigenvalue weighted by Crippen LogP contribution is 2.17. The molecule has 0 bridgehead atoms. The van der Waals surface area contributed by atoms with E-state index in [0.717, 1.165) is 11.4 Å². The molecule has 1 aromatic heterocycles. The molecule has 1 N–H and O–H groups in total. The Kier molecular flexibility index (Phi) is 4.65. The number of ether oxygens (including phenoxy) is 2. The molecule has 0 aliphatic carbocycles. The lowest BCUT2D eigenvalue weighted by atomic mass is 10.3. The third-order valence-electron chi connectivity index (χ3n) is 2.71. The smallest absolute Gasteiger partial charge is 0.341 e. The first kappa shape index (κ1) is 14.0. The first-order valence-corrected chi connectivity index (χ1v) is 6.35. The van der Waals surface area contributed by atoms with E-state index in [9.17, 15) is 4.79 Å². The summed E-state index contributed by atoms with van der Waals surface area (Å²) in [5, 5.41) is 3.20. The Morgan fingerprint density at radius 3 is 2.70 bits per heavy atom. The van der Waals surface area contributed by atoms with Gasteiger partial charge < -0.3 is 19.2 Å². The van der Waals surface area contributed by atoms with Crippen molar-refractivity contribution in [1.82, 2.24) is 0 Å². The summed E-state index contributed by atoms with van der Waals surface area (Å²) in [6.07, 6.45) is 1.39. The molecule has 0 saturated heterocycles. The lowest BCUT2D eigenvalue weighted by molar-refractivity contribution is 0.0600. The molecule has 5 heteroatoms. The van der Waals surface area contributed by atoms with E-state index in [2.05, 4.69) is 10.1 Å². The summed E-state index contributed by atoms with van der Waals surface area (Å²) in [6, 6.07) is 9.30. The van der Waals surface area contributed by atoms with Crippen LogP contribution in [-0.2, 0) is 11.3 Å². The summed E-state index contributed by atoms with van der Waals surface area (Å²) < 4.78 is 15.3. The van der Waals surface area contributed by atoms with Gasteiger partial charge in [0.25, 0.3) is 0 Å². The fourth-order valence-electron chi connectivity index (χ4n) is 1.72. The van der Waals surface area contributed by atoms with Crippen molar-refractivity contribution < 1.29 is 18.7 Å². The van der Waals surface area contributed by atoms with Crippen molar-refractivity contribution >= 4 is 11.7 Å². The van der Waals surface area contributed by atoms with E-state index in [1.165, 1.54) is 13.4 Å². The fraction of sp³-hybridized carbons (Fsp3) is 0.267. The van der Waals surface area contributed by atoms with Crippen LogP contribution in [-0.4, -0.2) is 19.7 Å². The second kappa shape index (κ2) is 6.65. The number of furan rings is 1. The van der Waals surface area contributed by atoms with Gasteiger partial charge in [0.05, 0.1) is 25.8 Å². The zero-order valence-corrected chi connectivity index (χ0v) is 11.5. The molecule has 20 heavy (non-hydrogen) atoms. The quantitative estimate of drug-likeness (QED) is 0.821. The minimum absolute atomic E-state index is 0.402. The third kappa shape index (κ3) is 3.54. The normalized spacial score (nSPS) is 10.1. The van der Waals surface area contributed by atoms with Crippen molar-refractivity contribution in [2.45, 2.75) is 13.5 Å². The predicted octanol–water partition coefficient (Wildman–Crippen LogP) is 3.08. The van der Waals surface area contributed by atoms with Gasteiger partial charge in [0, 0.05) is 5.69 Å². The largest absolute Gasteiger partial charge is 0.494 e. The van der Waals surface area contributed by atoms with E-state index in [1.807, 2.05) is 31.2 Å². The standard InChI is InChI=1S/C15H17NO4/c1-3-19-13-6-4-12(5-7-13)16-9-14-8-11(10-20-14)15(17)18-2/h4-8,10,16H,3,9H2,1-2H3. The number of hydrogen-bond donors (Lipinski definition) is 1. The molecule has 0 amide bonds. The summed E-state index contributed by atoms with van der Waals surface area (Å²) >= 11 is 0. The van der Waals surface area contributed by atoms with Crippen molar-refractivity contribution in [3.63, 3.8) is 0 Å². The van der Waals surface area contributed by atoms with Gasteiger partial charge in [-0.3, -0.25) is 0 Å². The molecular weight excluding hydrogens is 258 g/mol. The SMILES string of the molecule is CCOc1ccc(NCc2cc(C(=O)OC)co2)cc1. The van der Waals surface area contributed by atoms with Gasteiger partial charge >= 0.3 is 5.97 Å². The number of anilines is 1. The van der Waals surface area contributed by atoms with Gasteiger partial charge in [-0.2, -0.15) is 0 Å². The first-order chi connectivity index (χ1) is 9.72. The second-order valence-electron chi connectivity index (χ2n) is 4.10. The molecule has 2 aromatic rings. The molecule has 0 atom stereocenters. The number of benzene rings is 1. The molecule has 0 unspecified atom stereocenters. The van der Waals surface area contributed by atoms with Crippen molar-refractivity contribution in [3.05, 3.63) is 47.9 Å². The van der Waals surface area contributed by atoms with Crippen LogP contribution in [0.25, 0.3) is 0 Å². The Hall–Kier alpha value is -2.43. The van der Waals surface area contributed by atoms with Crippen LogP contribution in [0.5, 0.6) is 5.75 Å². The third-order valence-corrected chi connectivity index (χ3v) is 2.71. The van der Waals surface area contributed by atoms with Crippen LogP contribution >= 0.6 is 0 Å². The van der Waals surface area contributed by atoms with Crippen molar-refractivity contribution in [1.29, 1.82) is 0 Å². The summed E-state index contributed by atoms with van der Waals surface area (Å²) in [4.78, 5) is 11.3. The molecule has 0 saturated carbocycles. The van der Waals surface area contributed by atoms with Crippen LogP contribution in [0.4, 0.5) is 5.69 Å². The summed E-state index contributed by atoms with van der Waals surface area (Å²) in [7, 11) is 1.34. The summed E-state index contributed by atoms with van der Waals surface area (Å²) in [6.45, 7) is 3.09. The van der Waals surface area contributed by atoms with E-state index in [-0.39, 0.29) is 0 Å². The van der Waals surface area contributed by atoms with Crippen LogP contribution in [0, 0.1) is 0 Å². The van der Waals surface area contributed by atoms with Crippen LogP contribution < -0.4 is 10.1 Å². The highest BCUT2D eigenvalue weighted by Gasteiger charge is 2.09. The minimum atomic E-state index is -0.402. The van der Waals surface area contributed by atoms with Gasteiger partial charge in [-0.05, 0) is 37.3 Å². The highest BCUT2D eigenvalue weighted by atomic mass is 16.5. The van der Waals surface area contributed by atoms with Crippen LogP contribution in [0.2, 0.25) is 0 Å². The number of rotatable bonds is 6. The fourth-order valence-corrected chi connectivity index (χ4v) is 1.72. The van der Waals surface area contributed by atoms with Gasteiger partial charge in [0.15, 0.2) is 0 Å². The number of hydrogen-bond acceptors (Lipinski definition) is 5. The Labute approximate surface area is 117 Å². The maximum atomic E-state index is 11.3. The van der Waals surface area contributed by atoms with Crippen molar-refractivity contribution in [2.24, 2.45) is 0 Å². The average Bonchev–Trinajstić information content (AvgIpc) is 2.95. The Morgan fingerprint density at radius 2 is 2.05 bits per heavy atom. The molecule has 1 heterocycles. The lowest BCUT2D eigenvalue weighted by Crippen LogP contribution is -2.00. The van der Waals surface area contributed by atoms with Gasteiger partial charge in [-0.1, -0.05) is 0 Å². The average molecular weight is 275 g/mol. The maximum Gasteiger partial charge on any atom is 0.341 e. The predicted molar refractivity (Wildman–Crippen MR) is 75.0 cm³/mol. The van der Waals surface area contributed by atoms with Gasteiger partial charge in [0.1, 0.15) is 17.8 Å². The number of methoxy groups -OCH3 is 1. The molecule has 1 aromatic carbocycles. The number of nitrogens with one attached hydrogen (secondary N) is 1. The maximum absolute atomic E-state index is 11.3. The molecule has 0 radical (unpaired) electrons. The van der Waals surface area contributed by atoms with Crippen LogP contribution in [0.1, 0.15) is 23.0 Å². The Balaban J connectivity index is 1.91. The molecule has 0 fully saturated rings.